The lowest BCUT2D eigenvalue weighted by Gasteiger charge is -2.37. The first-order valence-electron chi connectivity index (χ1n) is 9.09. The fourth-order valence-corrected chi connectivity index (χ4v) is 3.81. The zero-order chi connectivity index (χ0) is 16.2. The van der Waals surface area contributed by atoms with Crippen molar-refractivity contribution < 1.29 is 9.53 Å². The second-order valence-corrected chi connectivity index (χ2v) is 8.24. The maximum absolute atomic E-state index is 11.9. The number of ether oxygens (including phenoxy) is 1. The van der Waals surface area contributed by atoms with Crippen LogP contribution in [0.5, 0.6) is 0 Å². The van der Waals surface area contributed by atoms with Gasteiger partial charge < -0.3 is 15.4 Å². The molecule has 2 fully saturated rings. The average molecular weight is 310 g/mol. The van der Waals surface area contributed by atoms with Gasteiger partial charge in [-0.1, -0.05) is 19.8 Å². The van der Waals surface area contributed by atoms with E-state index < -0.39 is 5.60 Å². The van der Waals surface area contributed by atoms with E-state index in [2.05, 4.69) is 17.6 Å². The van der Waals surface area contributed by atoms with Gasteiger partial charge in [-0.2, -0.15) is 0 Å². The highest BCUT2D eigenvalue weighted by molar-refractivity contribution is 5.68. The third-order valence-corrected chi connectivity index (χ3v) is 4.96. The highest BCUT2D eigenvalue weighted by Crippen LogP contribution is 2.27. The Morgan fingerprint density at radius 1 is 1.00 bits per heavy atom. The van der Waals surface area contributed by atoms with Crippen LogP contribution in [0.3, 0.4) is 0 Å². The number of rotatable bonds is 3. The fourth-order valence-electron chi connectivity index (χ4n) is 3.81. The molecule has 128 valence electrons. The van der Waals surface area contributed by atoms with Crippen LogP contribution in [0.1, 0.15) is 79.1 Å². The molecule has 0 heterocycles. The van der Waals surface area contributed by atoms with Crippen LogP contribution >= 0.6 is 0 Å². The van der Waals surface area contributed by atoms with Crippen molar-refractivity contribution in [1.29, 1.82) is 0 Å². The fraction of sp³-hybridized carbons (Fsp3) is 0.944. The van der Waals surface area contributed by atoms with Crippen LogP contribution < -0.4 is 10.6 Å². The van der Waals surface area contributed by atoms with E-state index >= 15 is 0 Å². The van der Waals surface area contributed by atoms with Gasteiger partial charge in [0, 0.05) is 18.1 Å². The first-order chi connectivity index (χ1) is 10.3. The number of alkyl carbamates (subject to hydrolysis) is 1. The molecule has 0 aromatic rings. The van der Waals surface area contributed by atoms with Crippen LogP contribution in [-0.4, -0.2) is 29.8 Å². The minimum atomic E-state index is -0.423. The molecule has 4 unspecified atom stereocenters. The zero-order valence-corrected chi connectivity index (χ0v) is 14.8. The number of carbonyl (C=O) groups excluding carboxylic acids is 1. The molecule has 2 aliphatic carbocycles. The van der Waals surface area contributed by atoms with Gasteiger partial charge >= 0.3 is 6.09 Å². The van der Waals surface area contributed by atoms with Crippen LogP contribution in [0.15, 0.2) is 0 Å². The molecule has 2 rings (SSSR count). The zero-order valence-electron chi connectivity index (χ0n) is 14.8. The second kappa shape index (κ2) is 7.67. The summed E-state index contributed by atoms with van der Waals surface area (Å²) in [7, 11) is 0. The largest absolute Gasteiger partial charge is 0.444 e. The summed E-state index contributed by atoms with van der Waals surface area (Å²) in [4.78, 5) is 11.9. The van der Waals surface area contributed by atoms with Crippen molar-refractivity contribution in [2.24, 2.45) is 5.92 Å². The van der Waals surface area contributed by atoms with Gasteiger partial charge in [-0.3, -0.25) is 0 Å². The standard InChI is InChI=1S/C18H34N2O2/c1-13-8-5-6-11-16(13)19-14-9-7-10-15(12-14)20-17(21)22-18(2,3)4/h13-16,19H,5-12H2,1-4H3,(H,20,21). The normalized spacial score (nSPS) is 33.3. The summed E-state index contributed by atoms with van der Waals surface area (Å²) in [6, 6.07) is 1.46. The van der Waals surface area contributed by atoms with Crippen LogP contribution in [-0.2, 0) is 4.74 Å². The van der Waals surface area contributed by atoms with Crippen LogP contribution in [0.2, 0.25) is 0 Å². The first kappa shape index (κ1) is 17.6. The molecule has 0 saturated heterocycles. The lowest BCUT2D eigenvalue weighted by molar-refractivity contribution is 0.0486. The highest BCUT2D eigenvalue weighted by Gasteiger charge is 2.29. The molecule has 0 aliphatic heterocycles. The van der Waals surface area contributed by atoms with Gasteiger partial charge in [0.25, 0.3) is 0 Å². The van der Waals surface area contributed by atoms with Gasteiger partial charge in [0.1, 0.15) is 5.60 Å². The molecule has 0 bridgehead atoms. The Kier molecular flexibility index (Phi) is 6.13. The predicted octanol–water partition coefficient (Wildman–Crippen LogP) is 3.99. The van der Waals surface area contributed by atoms with Crippen LogP contribution in [0, 0.1) is 5.92 Å². The maximum Gasteiger partial charge on any atom is 0.407 e. The first-order valence-corrected chi connectivity index (χ1v) is 9.09. The van der Waals surface area contributed by atoms with E-state index in [4.69, 9.17) is 4.74 Å². The average Bonchev–Trinajstić information content (AvgIpc) is 2.39. The molecule has 4 nitrogen and oxygen atoms in total. The molecule has 0 aromatic heterocycles. The molecular weight excluding hydrogens is 276 g/mol. The molecule has 2 aliphatic rings. The van der Waals surface area contributed by atoms with E-state index in [-0.39, 0.29) is 12.1 Å². The Bertz CT molecular complexity index is 365. The van der Waals surface area contributed by atoms with Gasteiger partial charge in [0.15, 0.2) is 0 Å². The summed E-state index contributed by atoms with van der Waals surface area (Å²) in [5, 5.41) is 6.92. The third kappa shape index (κ3) is 5.79. The summed E-state index contributed by atoms with van der Waals surface area (Å²) in [5.74, 6) is 0.785. The third-order valence-electron chi connectivity index (χ3n) is 4.96. The molecule has 0 spiro atoms. The minimum absolute atomic E-state index is 0.250. The van der Waals surface area contributed by atoms with Crippen molar-refractivity contribution in [3.05, 3.63) is 0 Å². The monoisotopic (exact) mass is 310 g/mol. The smallest absolute Gasteiger partial charge is 0.407 e. The van der Waals surface area contributed by atoms with Crippen molar-refractivity contribution in [3.8, 4) is 0 Å². The van der Waals surface area contributed by atoms with E-state index in [0.29, 0.717) is 12.1 Å². The van der Waals surface area contributed by atoms with Crippen molar-refractivity contribution in [3.63, 3.8) is 0 Å². The lowest BCUT2D eigenvalue weighted by atomic mass is 9.83. The number of hydrogen-bond acceptors (Lipinski definition) is 3. The number of hydrogen-bond donors (Lipinski definition) is 2. The van der Waals surface area contributed by atoms with Crippen molar-refractivity contribution >= 4 is 6.09 Å². The predicted molar refractivity (Wildman–Crippen MR) is 90.0 cm³/mol. The Hall–Kier alpha value is -0.770. The van der Waals surface area contributed by atoms with Gasteiger partial charge in [-0.05, 0) is 65.2 Å². The Labute approximate surface area is 135 Å². The van der Waals surface area contributed by atoms with Crippen molar-refractivity contribution in [1.82, 2.24) is 10.6 Å². The van der Waals surface area contributed by atoms with Crippen LogP contribution in [0.25, 0.3) is 0 Å². The summed E-state index contributed by atoms with van der Waals surface area (Å²) in [6.07, 6.45) is 9.63. The Balaban J connectivity index is 1.77. The van der Waals surface area contributed by atoms with E-state index in [1.54, 1.807) is 0 Å². The van der Waals surface area contributed by atoms with E-state index in [1.165, 1.54) is 38.5 Å². The van der Waals surface area contributed by atoms with E-state index in [1.807, 2.05) is 20.8 Å². The summed E-state index contributed by atoms with van der Waals surface area (Å²) < 4.78 is 5.37. The van der Waals surface area contributed by atoms with E-state index in [9.17, 15) is 4.79 Å². The molecule has 0 radical (unpaired) electrons. The minimum Gasteiger partial charge on any atom is -0.444 e. The Morgan fingerprint density at radius 3 is 2.36 bits per heavy atom. The SMILES string of the molecule is CC1CCCCC1NC1CCCC(NC(=O)OC(C)(C)C)C1. The molecular formula is C18H34N2O2. The summed E-state index contributed by atoms with van der Waals surface area (Å²) >= 11 is 0. The molecule has 2 N–H and O–H groups in total. The number of amides is 1. The Morgan fingerprint density at radius 2 is 1.68 bits per heavy atom. The quantitative estimate of drug-likeness (QED) is 0.828. The van der Waals surface area contributed by atoms with Gasteiger partial charge in [-0.15, -0.1) is 0 Å². The van der Waals surface area contributed by atoms with Gasteiger partial charge in [-0.25, -0.2) is 4.79 Å². The number of nitrogens with one attached hydrogen (secondary N) is 2. The summed E-state index contributed by atoms with van der Waals surface area (Å²) in [6.45, 7) is 8.09. The van der Waals surface area contributed by atoms with Crippen molar-refractivity contribution in [2.75, 3.05) is 0 Å². The molecule has 22 heavy (non-hydrogen) atoms. The van der Waals surface area contributed by atoms with Crippen LogP contribution in [0.4, 0.5) is 4.79 Å². The molecule has 1 amide bonds. The number of carbonyl (C=O) groups is 1. The highest BCUT2D eigenvalue weighted by atomic mass is 16.6. The molecule has 2 saturated carbocycles. The lowest BCUT2D eigenvalue weighted by Crippen LogP contribution is -2.49. The molecule has 0 aromatic carbocycles. The van der Waals surface area contributed by atoms with Crippen molar-refractivity contribution in [2.45, 2.75) is 103 Å². The second-order valence-electron chi connectivity index (χ2n) is 8.24. The topological polar surface area (TPSA) is 50.4 Å². The van der Waals surface area contributed by atoms with Gasteiger partial charge in [0.05, 0.1) is 0 Å². The maximum atomic E-state index is 11.9. The van der Waals surface area contributed by atoms with Gasteiger partial charge in [0.2, 0.25) is 0 Å². The summed E-state index contributed by atoms with van der Waals surface area (Å²) in [5.41, 5.74) is -0.423. The molecule has 4 atom stereocenters. The van der Waals surface area contributed by atoms with E-state index in [0.717, 1.165) is 18.8 Å². The molecule has 4 heteroatoms.